The SMILES string of the molecule is COc1cc(C)c(C(O)Cc2ccccc2OC)cc1C. The van der Waals surface area contributed by atoms with Crippen LogP contribution in [0, 0.1) is 13.8 Å². The Morgan fingerprint density at radius 3 is 2.29 bits per heavy atom. The van der Waals surface area contributed by atoms with Gasteiger partial charge >= 0.3 is 0 Å². The maximum Gasteiger partial charge on any atom is 0.122 e. The van der Waals surface area contributed by atoms with Gasteiger partial charge in [0.25, 0.3) is 0 Å². The molecule has 3 nitrogen and oxygen atoms in total. The molecule has 0 heterocycles. The summed E-state index contributed by atoms with van der Waals surface area (Å²) in [6.45, 7) is 3.97. The van der Waals surface area contributed by atoms with Crippen LogP contribution in [0.4, 0.5) is 0 Å². The highest BCUT2D eigenvalue weighted by atomic mass is 16.5. The zero-order valence-electron chi connectivity index (χ0n) is 13.0. The largest absolute Gasteiger partial charge is 0.496 e. The molecule has 1 N–H and O–H groups in total. The Morgan fingerprint density at radius 2 is 1.62 bits per heavy atom. The van der Waals surface area contributed by atoms with Crippen molar-refractivity contribution in [3.05, 3.63) is 58.7 Å². The van der Waals surface area contributed by atoms with Crippen molar-refractivity contribution in [1.82, 2.24) is 0 Å². The summed E-state index contributed by atoms with van der Waals surface area (Å²) in [5.41, 5.74) is 3.98. The van der Waals surface area contributed by atoms with Crippen LogP contribution in [0.3, 0.4) is 0 Å². The number of hydrogen-bond donors (Lipinski definition) is 1. The highest BCUT2D eigenvalue weighted by Crippen LogP contribution is 2.30. The smallest absolute Gasteiger partial charge is 0.122 e. The van der Waals surface area contributed by atoms with E-state index in [1.807, 2.05) is 50.2 Å². The van der Waals surface area contributed by atoms with Crippen LogP contribution in [-0.4, -0.2) is 19.3 Å². The van der Waals surface area contributed by atoms with Gasteiger partial charge < -0.3 is 14.6 Å². The molecule has 0 saturated carbocycles. The predicted molar refractivity (Wildman–Crippen MR) is 84.1 cm³/mol. The van der Waals surface area contributed by atoms with Crippen molar-refractivity contribution in [2.24, 2.45) is 0 Å². The molecule has 0 saturated heterocycles. The quantitative estimate of drug-likeness (QED) is 0.912. The number of rotatable bonds is 5. The van der Waals surface area contributed by atoms with E-state index in [9.17, 15) is 5.11 Å². The Hall–Kier alpha value is -2.00. The molecule has 1 unspecified atom stereocenters. The van der Waals surface area contributed by atoms with Gasteiger partial charge in [0.1, 0.15) is 11.5 Å². The van der Waals surface area contributed by atoms with Crippen LogP contribution in [0.5, 0.6) is 11.5 Å². The first kappa shape index (κ1) is 15.4. The van der Waals surface area contributed by atoms with E-state index < -0.39 is 6.10 Å². The van der Waals surface area contributed by atoms with E-state index in [0.29, 0.717) is 6.42 Å². The van der Waals surface area contributed by atoms with Crippen LogP contribution in [0.25, 0.3) is 0 Å². The molecule has 0 bridgehead atoms. The van der Waals surface area contributed by atoms with Crippen LogP contribution >= 0.6 is 0 Å². The second-order valence-corrected chi connectivity index (χ2v) is 5.21. The van der Waals surface area contributed by atoms with Gasteiger partial charge in [-0.25, -0.2) is 0 Å². The summed E-state index contributed by atoms with van der Waals surface area (Å²) >= 11 is 0. The van der Waals surface area contributed by atoms with Crippen molar-refractivity contribution in [1.29, 1.82) is 0 Å². The molecule has 0 radical (unpaired) electrons. The van der Waals surface area contributed by atoms with Gasteiger partial charge in [0, 0.05) is 6.42 Å². The second-order valence-electron chi connectivity index (χ2n) is 5.21. The number of aliphatic hydroxyl groups excluding tert-OH is 1. The van der Waals surface area contributed by atoms with Crippen LogP contribution < -0.4 is 9.47 Å². The molecule has 3 heteroatoms. The fraction of sp³-hybridized carbons (Fsp3) is 0.333. The van der Waals surface area contributed by atoms with Gasteiger partial charge in [0.15, 0.2) is 0 Å². The third kappa shape index (κ3) is 3.37. The zero-order valence-corrected chi connectivity index (χ0v) is 13.0. The summed E-state index contributed by atoms with van der Waals surface area (Å²) in [6.07, 6.45) is -0.0395. The molecule has 0 aliphatic carbocycles. The lowest BCUT2D eigenvalue weighted by atomic mass is 9.95. The Kier molecular flexibility index (Phi) is 4.86. The summed E-state index contributed by atoms with van der Waals surface area (Å²) in [5.74, 6) is 1.65. The van der Waals surface area contributed by atoms with Crippen molar-refractivity contribution in [2.45, 2.75) is 26.4 Å². The van der Waals surface area contributed by atoms with E-state index in [4.69, 9.17) is 9.47 Å². The van der Waals surface area contributed by atoms with Crippen molar-refractivity contribution in [2.75, 3.05) is 14.2 Å². The number of hydrogen-bond acceptors (Lipinski definition) is 3. The Labute approximate surface area is 126 Å². The van der Waals surface area contributed by atoms with E-state index in [1.54, 1.807) is 14.2 Å². The molecule has 1 atom stereocenters. The lowest BCUT2D eigenvalue weighted by Gasteiger charge is -2.17. The number of aliphatic hydroxyl groups is 1. The second kappa shape index (κ2) is 6.64. The normalized spacial score (nSPS) is 12.0. The molecule has 0 fully saturated rings. The van der Waals surface area contributed by atoms with Gasteiger partial charge in [-0.2, -0.15) is 0 Å². The molecule has 21 heavy (non-hydrogen) atoms. The Morgan fingerprint density at radius 1 is 0.952 bits per heavy atom. The average molecular weight is 286 g/mol. The molecular weight excluding hydrogens is 264 g/mol. The van der Waals surface area contributed by atoms with Crippen molar-refractivity contribution in [3.8, 4) is 11.5 Å². The Balaban J connectivity index is 2.28. The van der Waals surface area contributed by atoms with E-state index in [2.05, 4.69) is 0 Å². The minimum atomic E-state index is -0.564. The van der Waals surface area contributed by atoms with Gasteiger partial charge in [0.2, 0.25) is 0 Å². The van der Waals surface area contributed by atoms with Gasteiger partial charge in [0.05, 0.1) is 20.3 Å². The molecule has 0 amide bonds. The number of methoxy groups -OCH3 is 2. The molecule has 0 spiro atoms. The van der Waals surface area contributed by atoms with Crippen LogP contribution in [0.15, 0.2) is 36.4 Å². The van der Waals surface area contributed by atoms with Crippen molar-refractivity contribution in [3.63, 3.8) is 0 Å². The van der Waals surface area contributed by atoms with E-state index in [1.165, 1.54) is 0 Å². The minimum Gasteiger partial charge on any atom is -0.496 e. The highest BCUT2D eigenvalue weighted by molar-refractivity contribution is 5.43. The van der Waals surface area contributed by atoms with E-state index in [-0.39, 0.29) is 0 Å². The first-order valence-electron chi connectivity index (χ1n) is 7.02. The van der Waals surface area contributed by atoms with E-state index >= 15 is 0 Å². The molecule has 112 valence electrons. The van der Waals surface area contributed by atoms with Crippen LogP contribution in [0.2, 0.25) is 0 Å². The lowest BCUT2D eigenvalue weighted by molar-refractivity contribution is 0.176. The van der Waals surface area contributed by atoms with E-state index in [0.717, 1.165) is 33.8 Å². The molecule has 2 aromatic rings. The maximum absolute atomic E-state index is 10.6. The minimum absolute atomic E-state index is 0.524. The fourth-order valence-corrected chi connectivity index (χ4v) is 2.58. The van der Waals surface area contributed by atoms with Crippen LogP contribution in [-0.2, 0) is 6.42 Å². The number of benzene rings is 2. The lowest BCUT2D eigenvalue weighted by Crippen LogP contribution is -2.06. The summed E-state index contributed by atoms with van der Waals surface area (Å²) in [4.78, 5) is 0. The van der Waals surface area contributed by atoms with Crippen molar-refractivity contribution >= 4 is 0 Å². The topological polar surface area (TPSA) is 38.7 Å². The third-order valence-corrected chi connectivity index (χ3v) is 3.75. The van der Waals surface area contributed by atoms with Gasteiger partial charge in [-0.05, 0) is 54.3 Å². The Bertz CT molecular complexity index is 620. The average Bonchev–Trinajstić information content (AvgIpc) is 2.49. The molecule has 0 aliphatic rings. The molecule has 0 aromatic heterocycles. The van der Waals surface area contributed by atoms with Gasteiger partial charge in [-0.15, -0.1) is 0 Å². The standard InChI is InChI=1S/C18H22O3/c1-12-10-18(21-4)13(2)9-15(12)16(19)11-14-7-5-6-8-17(14)20-3/h5-10,16,19H,11H2,1-4H3. The number of ether oxygens (including phenoxy) is 2. The first-order chi connectivity index (χ1) is 10.1. The number of para-hydroxylation sites is 1. The molecule has 2 rings (SSSR count). The molecule has 0 aliphatic heterocycles. The first-order valence-corrected chi connectivity index (χ1v) is 7.02. The molecular formula is C18H22O3. The number of aryl methyl sites for hydroxylation is 2. The summed E-state index contributed by atoms with van der Waals surface area (Å²) < 4.78 is 10.7. The fourth-order valence-electron chi connectivity index (χ4n) is 2.58. The molecule has 2 aromatic carbocycles. The summed E-state index contributed by atoms with van der Waals surface area (Å²) in [6, 6.07) is 11.7. The highest BCUT2D eigenvalue weighted by Gasteiger charge is 2.15. The van der Waals surface area contributed by atoms with Crippen molar-refractivity contribution < 1.29 is 14.6 Å². The third-order valence-electron chi connectivity index (χ3n) is 3.75. The zero-order chi connectivity index (χ0) is 15.4. The predicted octanol–water partition coefficient (Wildman–Crippen LogP) is 3.60. The summed E-state index contributed by atoms with van der Waals surface area (Å²) in [7, 11) is 3.31. The monoisotopic (exact) mass is 286 g/mol. The van der Waals surface area contributed by atoms with Crippen LogP contribution in [0.1, 0.15) is 28.4 Å². The van der Waals surface area contributed by atoms with Gasteiger partial charge in [-0.3, -0.25) is 0 Å². The van der Waals surface area contributed by atoms with Gasteiger partial charge in [-0.1, -0.05) is 18.2 Å². The summed E-state index contributed by atoms with van der Waals surface area (Å²) in [5, 5.41) is 10.6. The maximum atomic E-state index is 10.6.